The third kappa shape index (κ3) is 3.33. The Morgan fingerprint density at radius 2 is 2.32 bits per heavy atom. The molecule has 2 aromatic rings. The molecule has 19 heavy (non-hydrogen) atoms. The van der Waals surface area contributed by atoms with Crippen LogP contribution in [-0.2, 0) is 9.53 Å². The van der Waals surface area contributed by atoms with Gasteiger partial charge >= 0.3 is 5.97 Å². The summed E-state index contributed by atoms with van der Waals surface area (Å²) in [5, 5.41) is 1.40. The minimum Gasteiger partial charge on any atom is -0.463 e. The molecule has 0 saturated heterocycles. The van der Waals surface area contributed by atoms with E-state index in [0.29, 0.717) is 17.2 Å². The minimum absolute atomic E-state index is 0.347. The highest BCUT2D eigenvalue weighted by Gasteiger charge is 2.06. The van der Waals surface area contributed by atoms with E-state index in [0.717, 1.165) is 15.4 Å². The summed E-state index contributed by atoms with van der Waals surface area (Å²) in [5.74, 6) is -0.395. The Labute approximate surface area is 124 Å². The molecule has 98 valence electrons. The SMILES string of the molecule is CCOC(=O)/C=C\c1cnc2ccc(Br)cc2c1Cl. The van der Waals surface area contributed by atoms with Gasteiger partial charge in [0, 0.05) is 27.7 Å². The number of halogens is 2. The van der Waals surface area contributed by atoms with Gasteiger partial charge < -0.3 is 4.74 Å². The molecular formula is C14H11BrClNO2. The maximum atomic E-state index is 11.3. The summed E-state index contributed by atoms with van der Waals surface area (Å²) >= 11 is 9.71. The van der Waals surface area contributed by atoms with Crippen LogP contribution < -0.4 is 0 Å². The molecule has 0 bridgehead atoms. The lowest BCUT2D eigenvalue weighted by atomic mass is 10.1. The first-order chi connectivity index (χ1) is 9.11. The predicted octanol–water partition coefficient (Wildman–Crippen LogP) is 4.23. The Balaban J connectivity index is 2.39. The Kier molecular flexibility index (Phi) is 4.56. The van der Waals surface area contributed by atoms with Crippen molar-refractivity contribution >= 4 is 50.5 Å². The van der Waals surface area contributed by atoms with Crippen molar-refractivity contribution in [3.63, 3.8) is 0 Å². The van der Waals surface area contributed by atoms with E-state index in [1.807, 2.05) is 18.2 Å². The lowest BCUT2D eigenvalue weighted by molar-refractivity contribution is -0.137. The van der Waals surface area contributed by atoms with Gasteiger partial charge in [-0.1, -0.05) is 27.5 Å². The highest BCUT2D eigenvalue weighted by molar-refractivity contribution is 9.10. The van der Waals surface area contributed by atoms with Gasteiger partial charge in [0.2, 0.25) is 0 Å². The molecule has 0 saturated carbocycles. The molecule has 2 rings (SSSR count). The van der Waals surface area contributed by atoms with Crippen molar-refractivity contribution in [3.05, 3.63) is 45.5 Å². The van der Waals surface area contributed by atoms with Gasteiger partial charge in [0.15, 0.2) is 0 Å². The van der Waals surface area contributed by atoms with Crippen LogP contribution in [0.1, 0.15) is 12.5 Å². The summed E-state index contributed by atoms with van der Waals surface area (Å²) in [6.07, 6.45) is 4.58. The van der Waals surface area contributed by atoms with Crippen molar-refractivity contribution in [1.29, 1.82) is 0 Å². The Morgan fingerprint density at radius 1 is 1.53 bits per heavy atom. The van der Waals surface area contributed by atoms with Crippen LogP contribution in [0.25, 0.3) is 17.0 Å². The van der Waals surface area contributed by atoms with E-state index >= 15 is 0 Å². The number of hydrogen-bond acceptors (Lipinski definition) is 3. The molecule has 1 aromatic heterocycles. The second-order valence-corrected chi connectivity index (χ2v) is 5.07. The van der Waals surface area contributed by atoms with Crippen LogP contribution in [0, 0.1) is 0 Å². The molecule has 0 aliphatic carbocycles. The fourth-order valence-corrected chi connectivity index (χ4v) is 2.24. The largest absolute Gasteiger partial charge is 0.463 e. The maximum absolute atomic E-state index is 11.3. The zero-order chi connectivity index (χ0) is 13.8. The van der Waals surface area contributed by atoms with E-state index in [-0.39, 0.29) is 0 Å². The van der Waals surface area contributed by atoms with E-state index in [9.17, 15) is 4.79 Å². The predicted molar refractivity (Wildman–Crippen MR) is 80.1 cm³/mol. The highest BCUT2D eigenvalue weighted by Crippen LogP contribution is 2.28. The monoisotopic (exact) mass is 339 g/mol. The Morgan fingerprint density at radius 3 is 3.05 bits per heavy atom. The number of fused-ring (bicyclic) bond motifs is 1. The number of ether oxygens (including phenoxy) is 1. The first kappa shape index (κ1) is 14.0. The lowest BCUT2D eigenvalue weighted by Gasteiger charge is -2.04. The van der Waals surface area contributed by atoms with Crippen LogP contribution in [-0.4, -0.2) is 17.6 Å². The minimum atomic E-state index is -0.395. The second-order valence-electron chi connectivity index (χ2n) is 3.77. The summed E-state index contributed by atoms with van der Waals surface area (Å²) < 4.78 is 5.74. The summed E-state index contributed by atoms with van der Waals surface area (Å²) in [7, 11) is 0. The van der Waals surface area contributed by atoms with Crippen LogP contribution >= 0.6 is 27.5 Å². The van der Waals surface area contributed by atoms with Gasteiger partial charge in [-0.15, -0.1) is 0 Å². The molecule has 1 aromatic carbocycles. The van der Waals surface area contributed by atoms with Gasteiger partial charge in [-0.05, 0) is 31.2 Å². The lowest BCUT2D eigenvalue weighted by Crippen LogP contribution is -1.98. The van der Waals surface area contributed by atoms with E-state index in [4.69, 9.17) is 16.3 Å². The smallest absolute Gasteiger partial charge is 0.330 e. The molecule has 0 N–H and O–H groups in total. The third-order valence-corrected chi connectivity index (χ3v) is 3.39. The number of nitrogens with zero attached hydrogens (tertiary/aromatic N) is 1. The average molecular weight is 341 g/mol. The zero-order valence-electron chi connectivity index (χ0n) is 10.2. The number of aromatic nitrogens is 1. The van der Waals surface area contributed by atoms with Crippen molar-refractivity contribution < 1.29 is 9.53 Å². The molecule has 0 aliphatic heterocycles. The molecule has 1 heterocycles. The fraction of sp³-hybridized carbons (Fsp3) is 0.143. The molecule has 0 atom stereocenters. The molecular weight excluding hydrogens is 330 g/mol. The Bertz CT molecular complexity index is 655. The normalized spacial score (nSPS) is 11.1. The summed E-state index contributed by atoms with van der Waals surface area (Å²) in [4.78, 5) is 15.6. The fourth-order valence-electron chi connectivity index (χ4n) is 1.61. The van der Waals surface area contributed by atoms with Crippen LogP contribution in [0.2, 0.25) is 5.02 Å². The number of carbonyl (C=O) groups is 1. The second kappa shape index (κ2) is 6.17. The number of rotatable bonds is 3. The number of benzene rings is 1. The van der Waals surface area contributed by atoms with Gasteiger partial charge in [-0.2, -0.15) is 0 Å². The molecule has 0 fully saturated rings. The van der Waals surface area contributed by atoms with Crippen molar-refractivity contribution in [1.82, 2.24) is 4.98 Å². The molecule has 0 amide bonds. The Hall–Kier alpha value is -1.39. The van der Waals surface area contributed by atoms with Crippen molar-refractivity contribution in [2.75, 3.05) is 6.61 Å². The van der Waals surface area contributed by atoms with Gasteiger partial charge in [-0.3, -0.25) is 4.98 Å². The maximum Gasteiger partial charge on any atom is 0.330 e. The molecule has 0 unspecified atom stereocenters. The average Bonchev–Trinajstić information content (AvgIpc) is 2.39. The first-order valence-electron chi connectivity index (χ1n) is 5.70. The van der Waals surface area contributed by atoms with Crippen LogP contribution in [0.5, 0.6) is 0 Å². The molecule has 5 heteroatoms. The van der Waals surface area contributed by atoms with E-state index in [1.165, 1.54) is 6.08 Å². The third-order valence-electron chi connectivity index (χ3n) is 2.48. The van der Waals surface area contributed by atoms with Crippen LogP contribution in [0.3, 0.4) is 0 Å². The zero-order valence-corrected chi connectivity index (χ0v) is 12.5. The first-order valence-corrected chi connectivity index (χ1v) is 6.87. The number of hydrogen-bond donors (Lipinski definition) is 0. The van der Waals surface area contributed by atoms with Crippen LogP contribution in [0.15, 0.2) is 34.9 Å². The highest BCUT2D eigenvalue weighted by atomic mass is 79.9. The van der Waals surface area contributed by atoms with Crippen molar-refractivity contribution in [3.8, 4) is 0 Å². The molecule has 3 nitrogen and oxygen atoms in total. The number of carbonyl (C=O) groups excluding carboxylic acids is 1. The van der Waals surface area contributed by atoms with Gasteiger partial charge in [-0.25, -0.2) is 4.79 Å². The van der Waals surface area contributed by atoms with Crippen molar-refractivity contribution in [2.45, 2.75) is 6.92 Å². The summed E-state index contributed by atoms with van der Waals surface area (Å²) in [6.45, 7) is 2.10. The van der Waals surface area contributed by atoms with Crippen molar-refractivity contribution in [2.24, 2.45) is 0 Å². The van der Waals surface area contributed by atoms with Gasteiger partial charge in [0.05, 0.1) is 17.1 Å². The van der Waals surface area contributed by atoms with E-state index in [1.54, 1.807) is 19.2 Å². The van der Waals surface area contributed by atoms with Gasteiger partial charge in [0.1, 0.15) is 0 Å². The van der Waals surface area contributed by atoms with Crippen LogP contribution in [0.4, 0.5) is 0 Å². The van der Waals surface area contributed by atoms with E-state index < -0.39 is 5.97 Å². The molecule has 0 aliphatic rings. The quantitative estimate of drug-likeness (QED) is 0.620. The standard InChI is InChI=1S/C14H11BrClNO2/c1-2-19-13(18)6-3-9-8-17-12-5-4-10(15)7-11(12)14(9)16/h3-8H,2H2,1H3/b6-3-. The molecule has 0 spiro atoms. The topological polar surface area (TPSA) is 39.2 Å². The number of pyridine rings is 1. The summed E-state index contributed by atoms with van der Waals surface area (Å²) in [5.41, 5.74) is 1.49. The van der Waals surface area contributed by atoms with E-state index in [2.05, 4.69) is 20.9 Å². The van der Waals surface area contributed by atoms with Gasteiger partial charge in [0.25, 0.3) is 0 Å². The number of esters is 1. The summed E-state index contributed by atoms with van der Waals surface area (Å²) in [6, 6.07) is 5.68. The molecule has 0 radical (unpaired) electrons.